The van der Waals surface area contributed by atoms with Gasteiger partial charge in [-0.2, -0.15) is 11.8 Å². The summed E-state index contributed by atoms with van der Waals surface area (Å²) in [7, 11) is 0. The van der Waals surface area contributed by atoms with Crippen molar-refractivity contribution < 1.29 is 9.59 Å². The lowest BCUT2D eigenvalue weighted by atomic mass is 9.72. The second-order valence-electron chi connectivity index (χ2n) is 7.71. The fourth-order valence-corrected chi connectivity index (χ4v) is 4.81. The first-order valence-corrected chi connectivity index (χ1v) is 11.3. The molecule has 0 radical (unpaired) electrons. The Labute approximate surface area is 166 Å². The average molecular weight is 390 g/mol. The van der Waals surface area contributed by atoms with Gasteiger partial charge in [-0.1, -0.05) is 13.0 Å². The van der Waals surface area contributed by atoms with E-state index >= 15 is 0 Å². The van der Waals surface area contributed by atoms with Crippen LogP contribution in [0.3, 0.4) is 0 Å². The molecule has 2 fully saturated rings. The molecule has 27 heavy (non-hydrogen) atoms. The van der Waals surface area contributed by atoms with Gasteiger partial charge in [-0.15, -0.1) is 0 Å². The van der Waals surface area contributed by atoms with Crippen molar-refractivity contribution in [3.8, 4) is 0 Å². The van der Waals surface area contributed by atoms with Crippen LogP contribution < -0.4 is 0 Å². The summed E-state index contributed by atoms with van der Waals surface area (Å²) in [5.74, 6) is 2.56. The number of nitrogens with zero attached hydrogens (tertiary/aromatic N) is 3. The van der Waals surface area contributed by atoms with Crippen LogP contribution in [0.15, 0.2) is 24.4 Å². The van der Waals surface area contributed by atoms with Crippen molar-refractivity contribution in [3.05, 3.63) is 30.1 Å². The number of aromatic nitrogens is 1. The van der Waals surface area contributed by atoms with Crippen LogP contribution in [0.1, 0.15) is 44.7 Å². The van der Waals surface area contributed by atoms with Crippen LogP contribution in [0, 0.1) is 5.41 Å². The highest BCUT2D eigenvalue weighted by molar-refractivity contribution is 7.99. The largest absolute Gasteiger partial charge is 0.343 e. The molecule has 0 bridgehead atoms. The van der Waals surface area contributed by atoms with E-state index in [0.717, 1.165) is 69.1 Å². The summed E-state index contributed by atoms with van der Waals surface area (Å²) in [6.07, 6.45) is 6.92. The molecule has 1 spiro atoms. The molecule has 2 saturated heterocycles. The molecule has 0 N–H and O–H groups in total. The van der Waals surface area contributed by atoms with Gasteiger partial charge in [-0.05, 0) is 42.6 Å². The van der Waals surface area contributed by atoms with Gasteiger partial charge in [0.2, 0.25) is 11.8 Å². The maximum atomic E-state index is 12.4. The zero-order valence-electron chi connectivity index (χ0n) is 16.4. The van der Waals surface area contributed by atoms with E-state index in [0.29, 0.717) is 18.7 Å². The van der Waals surface area contributed by atoms with Crippen molar-refractivity contribution in [3.63, 3.8) is 0 Å². The first-order chi connectivity index (χ1) is 13.1. The Morgan fingerprint density at radius 3 is 2.78 bits per heavy atom. The number of hydrogen-bond acceptors (Lipinski definition) is 4. The van der Waals surface area contributed by atoms with E-state index in [9.17, 15) is 9.59 Å². The van der Waals surface area contributed by atoms with E-state index in [1.165, 1.54) is 0 Å². The third kappa shape index (κ3) is 5.47. The summed E-state index contributed by atoms with van der Waals surface area (Å²) < 4.78 is 0. The first-order valence-electron chi connectivity index (χ1n) is 10.2. The van der Waals surface area contributed by atoms with Crippen molar-refractivity contribution in [2.24, 2.45) is 5.41 Å². The Bertz CT molecular complexity index is 630. The molecule has 3 heterocycles. The van der Waals surface area contributed by atoms with Gasteiger partial charge in [-0.25, -0.2) is 0 Å². The van der Waals surface area contributed by atoms with Crippen molar-refractivity contribution in [2.45, 2.75) is 45.4 Å². The Balaban J connectivity index is 1.50. The van der Waals surface area contributed by atoms with Gasteiger partial charge in [0.15, 0.2) is 0 Å². The number of carbonyl (C=O) groups excluding carboxylic acids is 2. The minimum atomic E-state index is 0.201. The summed E-state index contributed by atoms with van der Waals surface area (Å²) in [5.41, 5.74) is 1.24. The third-order valence-electron chi connectivity index (χ3n) is 5.95. The fraction of sp³-hybridized carbons (Fsp3) is 0.667. The SMILES string of the molecule is CCSCCC(=O)N1CCC2(CCC(=O)N(CCc3ccccn3)C2)CC1. The number of rotatable bonds is 7. The highest BCUT2D eigenvalue weighted by Crippen LogP contribution is 2.40. The minimum absolute atomic E-state index is 0.201. The predicted molar refractivity (Wildman–Crippen MR) is 110 cm³/mol. The van der Waals surface area contributed by atoms with Gasteiger partial charge in [0.1, 0.15) is 0 Å². The number of hydrogen-bond donors (Lipinski definition) is 0. The van der Waals surface area contributed by atoms with Crippen LogP contribution >= 0.6 is 11.8 Å². The van der Waals surface area contributed by atoms with E-state index in [2.05, 4.69) is 11.9 Å². The molecule has 0 aromatic carbocycles. The number of piperidine rings is 2. The molecular formula is C21H31N3O2S. The van der Waals surface area contributed by atoms with Crippen LogP contribution in [0.5, 0.6) is 0 Å². The second-order valence-corrected chi connectivity index (χ2v) is 9.11. The van der Waals surface area contributed by atoms with Crippen LogP contribution in [-0.4, -0.2) is 64.3 Å². The molecular weight excluding hydrogens is 358 g/mol. The molecule has 2 aliphatic rings. The zero-order valence-corrected chi connectivity index (χ0v) is 17.2. The standard InChI is InChI=1S/C21H31N3O2S/c1-2-27-16-8-20(26)23-14-10-21(11-15-23)9-6-19(25)24(17-21)13-7-18-5-3-4-12-22-18/h3-5,12H,2,6-11,13-17H2,1H3. The Morgan fingerprint density at radius 1 is 1.26 bits per heavy atom. The molecule has 5 nitrogen and oxygen atoms in total. The molecule has 2 aliphatic heterocycles. The Hall–Kier alpha value is -1.56. The number of thioether (sulfide) groups is 1. The summed E-state index contributed by atoms with van der Waals surface area (Å²) >= 11 is 1.83. The molecule has 1 aromatic heterocycles. The van der Waals surface area contributed by atoms with E-state index in [-0.39, 0.29) is 11.3 Å². The Morgan fingerprint density at radius 2 is 2.07 bits per heavy atom. The topological polar surface area (TPSA) is 53.5 Å². The quantitative estimate of drug-likeness (QED) is 0.673. The van der Waals surface area contributed by atoms with E-state index < -0.39 is 0 Å². The lowest BCUT2D eigenvalue weighted by Gasteiger charge is -2.47. The molecule has 0 aliphatic carbocycles. The van der Waals surface area contributed by atoms with E-state index in [1.807, 2.05) is 39.8 Å². The highest BCUT2D eigenvalue weighted by atomic mass is 32.2. The van der Waals surface area contributed by atoms with Gasteiger partial charge in [-0.3, -0.25) is 14.6 Å². The average Bonchev–Trinajstić information content (AvgIpc) is 2.70. The van der Waals surface area contributed by atoms with Crippen molar-refractivity contribution in [1.82, 2.24) is 14.8 Å². The fourth-order valence-electron chi connectivity index (χ4n) is 4.20. The van der Waals surface area contributed by atoms with Crippen molar-refractivity contribution in [1.29, 1.82) is 0 Å². The van der Waals surface area contributed by atoms with Crippen LogP contribution in [-0.2, 0) is 16.0 Å². The van der Waals surface area contributed by atoms with Crippen molar-refractivity contribution in [2.75, 3.05) is 37.7 Å². The van der Waals surface area contributed by atoms with Gasteiger partial charge in [0.25, 0.3) is 0 Å². The van der Waals surface area contributed by atoms with Crippen LogP contribution in [0.4, 0.5) is 0 Å². The molecule has 0 saturated carbocycles. The number of likely N-dealkylation sites (tertiary alicyclic amines) is 2. The smallest absolute Gasteiger partial charge is 0.223 e. The summed E-state index contributed by atoms with van der Waals surface area (Å²) in [6, 6.07) is 5.93. The molecule has 2 amide bonds. The summed E-state index contributed by atoms with van der Waals surface area (Å²) in [4.78, 5) is 33.2. The van der Waals surface area contributed by atoms with Gasteiger partial charge in [0.05, 0.1) is 0 Å². The van der Waals surface area contributed by atoms with Gasteiger partial charge in [0, 0.05) is 63.1 Å². The number of carbonyl (C=O) groups is 2. The highest BCUT2D eigenvalue weighted by Gasteiger charge is 2.41. The van der Waals surface area contributed by atoms with E-state index in [1.54, 1.807) is 6.20 Å². The van der Waals surface area contributed by atoms with Gasteiger partial charge < -0.3 is 9.80 Å². The summed E-state index contributed by atoms with van der Waals surface area (Å²) in [6.45, 7) is 5.40. The summed E-state index contributed by atoms with van der Waals surface area (Å²) in [5, 5.41) is 0. The monoisotopic (exact) mass is 389 g/mol. The lowest BCUT2D eigenvalue weighted by molar-refractivity contribution is -0.142. The number of pyridine rings is 1. The maximum absolute atomic E-state index is 12.4. The lowest BCUT2D eigenvalue weighted by Crippen LogP contribution is -2.52. The maximum Gasteiger partial charge on any atom is 0.223 e. The van der Waals surface area contributed by atoms with E-state index in [4.69, 9.17) is 0 Å². The molecule has 148 valence electrons. The first kappa shape index (κ1) is 20.2. The zero-order chi connectivity index (χ0) is 19.1. The Kier molecular flexibility index (Phi) is 7.16. The second kappa shape index (κ2) is 9.58. The molecule has 0 unspecified atom stereocenters. The predicted octanol–water partition coefficient (Wildman–Crippen LogP) is 3.00. The molecule has 1 aromatic rings. The minimum Gasteiger partial charge on any atom is -0.343 e. The molecule has 3 rings (SSSR count). The third-order valence-corrected chi connectivity index (χ3v) is 6.85. The van der Waals surface area contributed by atoms with Crippen molar-refractivity contribution >= 4 is 23.6 Å². The normalized spacial score (nSPS) is 19.5. The molecule has 0 atom stereocenters. The molecule has 6 heteroatoms. The van der Waals surface area contributed by atoms with Crippen LogP contribution in [0.2, 0.25) is 0 Å². The number of amides is 2. The van der Waals surface area contributed by atoms with Gasteiger partial charge >= 0.3 is 0 Å². The van der Waals surface area contributed by atoms with Crippen LogP contribution in [0.25, 0.3) is 0 Å².